The normalized spacial score (nSPS) is 10.9. The van der Waals surface area contributed by atoms with Gasteiger partial charge in [-0.15, -0.1) is 10.2 Å². The topological polar surface area (TPSA) is 25.8 Å². The molecule has 2 nitrogen and oxygen atoms in total. The molecule has 94 valence electrons. The molecule has 0 saturated carbocycles. The van der Waals surface area contributed by atoms with E-state index in [4.69, 9.17) is 11.6 Å². The Hall–Kier alpha value is -2.07. The summed E-state index contributed by atoms with van der Waals surface area (Å²) >= 11 is 5.95. The zero-order chi connectivity index (χ0) is 13.4. The van der Waals surface area contributed by atoms with Gasteiger partial charge in [0.1, 0.15) is 5.69 Å². The van der Waals surface area contributed by atoms with E-state index in [1.807, 2.05) is 0 Å². The predicted molar refractivity (Wildman–Crippen MR) is 69.9 cm³/mol. The number of benzene rings is 2. The number of hydrogen-bond acceptors (Lipinski definition) is 2. The van der Waals surface area contributed by atoms with Crippen molar-refractivity contribution in [2.45, 2.75) is 0 Å². The predicted octanol–water partition coefficient (Wildman–Crippen LogP) is 4.23. The Kier molecular flexibility index (Phi) is 2.87. The Morgan fingerprint density at radius 1 is 0.842 bits per heavy atom. The summed E-state index contributed by atoms with van der Waals surface area (Å²) in [5.74, 6) is -1.86. The van der Waals surface area contributed by atoms with E-state index in [9.17, 15) is 8.78 Å². The summed E-state index contributed by atoms with van der Waals surface area (Å²) in [5.41, 5.74) is 0.345. The molecule has 0 N–H and O–H groups in total. The van der Waals surface area contributed by atoms with Crippen LogP contribution in [-0.4, -0.2) is 10.2 Å². The molecule has 0 radical (unpaired) electrons. The molecule has 3 rings (SSSR count). The van der Waals surface area contributed by atoms with Crippen molar-refractivity contribution in [1.82, 2.24) is 10.2 Å². The lowest BCUT2D eigenvalue weighted by molar-refractivity contribution is 0.511. The molecule has 1 heterocycles. The molecular weight excluding hydrogens is 270 g/mol. The van der Waals surface area contributed by atoms with Crippen LogP contribution in [0.4, 0.5) is 8.78 Å². The molecule has 0 bridgehead atoms. The Labute approximate surface area is 112 Å². The van der Waals surface area contributed by atoms with Crippen molar-refractivity contribution in [3.05, 3.63) is 59.3 Å². The maximum atomic E-state index is 13.8. The molecule has 0 saturated heterocycles. The maximum Gasteiger partial charge on any atom is 0.168 e. The minimum absolute atomic E-state index is 0.0698. The molecule has 0 aliphatic rings. The van der Waals surface area contributed by atoms with E-state index in [0.29, 0.717) is 10.8 Å². The molecule has 1 aromatic heterocycles. The molecule has 0 atom stereocenters. The Morgan fingerprint density at radius 3 is 2.37 bits per heavy atom. The smallest absolute Gasteiger partial charge is 0.168 e. The summed E-state index contributed by atoms with van der Waals surface area (Å²) < 4.78 is 27.1. The van der Waals surface area contributed by atoms with Crippen LogP contribution < -0.4 is 0 Å². The van der Waals surface area contributed by atoms with Gasteiger partial charge in [0.25, 0.3) is 0 Å². The Morgan fingerprint density at radius 2 is 1.58 bits per heavy atom. The van der Waals surface area contributed by atoms with Gasteiger partial charge in [0, 0.05) is 16.3 Å². The summed E-state index contributed by atoms with van der Waals surface area (Å²) in [6, 6.07) is 11.0. The zero-order valence-corrected chi connectivity index (χ0v) is 10.3. The van der Waals surface area contributed by atoms with E-state index in [2.05, 4.69) is 10.2 Å². The third kappa shape index (κ3) is 1.94. The highest BCUT2D eigenvalue weighted by Crippen LogP contribution is 2.31. The summed E-state index contributed by atoms with van der Waals surface area (Å²) in [6.07, 6.45) is 0. The highest BCUT2D eigenvalue weighted by atomic mass is 35.5. The largest absolute Gasteiger partial charge is 0.204 e. The third-order valence-electron chi connectivity index (χ3n) is 2.85. The molecule has 0 unspecified atom stereocenters. The third-order valence-corrected chi connectivity index (χ3v) is 3.13. The fraction of sp³-hybridized carbons (Fsp3) is 0. The first-order valence-electron chi connectivity index (χ1n) is 5.54. The van der Waals surface area contributed by atoms with E-state index in [1.54, 1.807) is 24.3 Å². The van der Waals surface area contributed by atoms with Gasteiger partial charge in [-0.25, -0.2) is 8.78 Å². The molecule has 3 aromatic rings. The van der Waals surface area contributed by atoms with Crippen LogP contribution >= 0.6 is 11.6 Å². The monoisotopic (exact) mass is 276 g/mol. The van der Waals surface area contributed by atoms with Gasteiger partial charge in [-0.1, -0.05) is 41.9 Å². The van der Waals surface area contributed by atoms with Crippen LogP contribution in [0, 0.1) is 11.6 Å². The van der Waals surface area contributed by atoms with Crippen molar-refractivity contribution in [3.8, 4) is 11.3 Å². The highest BCUT2D eigenvalue weighted by molar-refractivity contribution is 6.34. The van der Waals surface area contributed by atoms with Crippen LogP contribution in [0.2, 0.25) is 5.15 Å². The highest BCUT2D eigenvalue weighted by Gasteiger charge is 2.15. The van der Waals surface area contributed by atoms with Gasteiger partial charge in [0.2, 0.25) is 0 Å². The molecule has 2 aromatic carbocycles. The van der Waals surface area contributed by atoms with E-state index in [1.165, 1.54) is 12.1 Å². The SMILES string of the molecule is Fc1cccc(-c2nnc(Cl)c3ccccc23)c1F. The molecule has 5 heteroatoms. The van der Waals surface area contributed by atoms with Gasteiger partial charge in [0.15, 0.2) is 16.8 Å². The van der Waals surface area contributed by atoms with E-state index in [0.717, 1.165) is 6.07 Å². The number of aromatic nitrogens is 2. The van der Waals surface area contributed by atoms with E-state index in [-0.39, 0.29) is 16.4 Å². The number of nitrogens with zero attached hydrogens (tertiary/aromatic N) is 2. The van der Waals surface area contributed by atoms with Crippen LogP contribution in [-0.2, 0) is 0 Å². The summed E-state index contributed by atoms with van der Waals surface area (Å²) in [4.78, 5) is 0. The molecular formula is C14H7ClF2N2. The van der Waals surface area contributed by atoms with Crippen LogP contribution in [0.3, 0.4) is 0 Å². The second-order valence-electron chi connectivity index (χ2n) is 3.99. The van der Waals surface area contributed by atoms with Gasteiger partial charge in [-0.2, -0.15) is 0 Å². The van der Waals surface area contributed by atoms with Crippen molar-refractivity contribution >= 4 is 22.4 Å². The van der Waals surface area contributed by atoms with Gasteiger partial charge in [-0.05, 0) is 12.1 Å². The Balaban J connectivity index is 2.38. The molecule has 0 aliphatic heterocycles. The number of halogens is 3. The van der Waals surface area contributed by atoms with Crippen LogP contribution in [0.25, 0.3) is 22.0 Å². The standard InChI is InChI=1S/C14H7ClF2N2/c15-14-9-5-2-1-4-8(9)13(18-19-14)10-6-3-7-11(16)12(10)17/h1-7H. The quantitative estimate of drug-likeness (QED) is 0.665. The van der Waals surface area contributed by atoms with Crippen LogP contribution in [0.1, 0.15) is 0 Å². The zero-order valence-electron chi connectivity index (χ0n) is 9.57. The van der Waals surface area contributed by atoms with Crippen molar-refractivity contribution in [2.75, 3.05) is 0 Å². The first-order chi connectivity index (χ1) is 9.18. The summed E-state index contributed by atoms with van der Waals surface area (Å²) in [7, 11) is 0. The minimum Gasteiger partial charge on any atom is -0.204 e. The molecule has 0 amide bonds. The lowest BCUT2D eigenvalue weighted by Crippen LogP contribution is -1.95. The Bertz CT molecular complexity index is 774. The average molecular weight is 277 g/mol. The second-order valence-corrected chi connectivity index (χ2v) is 4.34. The minimum atomic E-state index is -0.940. The van der Waals surface area contributed by atoms with Gasteiger partial charge in [0.05, 0.1) is 0 Å². The second kappa shape index (κ2) is 4.55. The van der Waals surface area contributed by atoms with Crippen LogP contribution in [0.15, 0.2) is 42.5 Å². The first-order valence-corrected chi connectivity index (χ1v) is 5.91. The number of fused-ring (bicyclic) bond motifs is 1. The van der Waals surface area contributed by atoms with Gasteiger partial charge < -0.3 is 0 Å². The summed E-state index contributed by atoms with van der Waals surface area (Å²) in [5, 5.41) is 9.19. The van der Waals surface area contributed by atoms with E-state index < -0.39 is 11.6 Å². The fourth-order valence-corrected chi connectivity index (χ4v) is 2.16. The number of hydrogen-bond donors (Lipinski definition) is 0. The van der Waals surface area contributed by atoms with Crippen LogP contribution in [0.5, 0.6) is 0 Å². The van der Waals surface area contributed by atoms with Gasteiger partial charge >= 0.3 is 0 Å². The molecule has 0 aliphatic carbocycles. The van der Waals surface area contributed by atoms with Crippen molar-refractivity contribution in [2.24, 2.45) is 0 Å². The first kappa shape index (κ1) is 12.0. The lowest BCUT2D eigenvalue weighted by atomic mass is 10.0. The molecule has 0 fully saturated rings. The lowest BCUT2D eigenvalue weighted by Gasteiger charge is -2.07. The van der Waals surface area contributed by atoms with Crippen molar-refractivity contribution in [3.63, 3.8) is 0 Å². The molecule has 19 heavy (non-hydrogen) atoms. The van der Waals surface area contributed by atoms with Crippen molar-refractivity contribution in [1.29, 1.82) is 0 Å². The molecule has 0 spiro atoms. The average Bonchev–Trinajstić information content (AvgIpc) is 2.43. The van der Waals surface area contributed by atoms with Gasteiger partial charge in [-0.3, -0.25) is 0 Å². The maximum absolute atomic E-state index is 13.8. The van der Waals surface area contributed by atoms with E-state index >= 15 is 0 Å². The fourth-order valence-electron chi connectivity index (χ4n) is 1.96. The van der Waals surface area contributed by atoms with Crippen molar-refractivity contribution < 1.29 is 8.78 Å². The number of rotatable bonds is 1. The summed E-state index contributed by atoms with van der Waals surface area (Å²) in [6.45, 7) is 0.